The van der Waals surface area contributed by atoms with E-state index in [0.29, 0.717) is 15.7 Å². The summed E-state index contributed by atoms with van der Waals surface area (Å²) in [6.07, 6.45) is 0. The van der Waals surface area contributed by atoms with Crippen molar-refractivity contribution >= 4 is 33.4 Å². The van der Waals surface area contributed by atoms with Crippen molar-refractivity contribution in [1.29, 1.82) is 0 Å². The Morgan fingerprint density at radius 3 is 2.62 bits per heavy atom. The van der Waals surface area contributed by atoms with Gasteiger partial charge >= 0.3 is 0 Å². The lowest BCUT2D eigenvalue weighted by Gasteiger charge is -2.10. The van der Waals surface area contributed by atoms with Crippen LogP contribution in [0.5, 0.6) is 0 Å². The van der Waals surface area contributed by atoms with E-state index in [2.05, 4.69) is 26.4 Å². The Bertz CT molecular complexity index is 719. The molecule has 0 radical (unpaired) electrons. The third-order valence-corrected chi connectivity index (χ3v) is 3.23. The van der Waals surface area contributed by atoms with Gasteiger partial charge in [-0.25, -0.2) is 4.39 Å². The number of oxime groups is 1. The zero-order valence-electron chi connectivity index (χ0n) is 10.7. The Morgan fingerprint density at radius 1 is 1.24 bits per heavy atom. The molecule has 0 heterocycles. The summed E-state index contributed by atoms with van der Waals surface area (Å²) < 4.78 is 14.3. The van der Waals surface area contributed by atoms with Gasteiger partial charge in [-0.15, -0.1) is 0 Å². The highest BCUT2D eigenvalue weighted by atomic mass is 79.9. The van der Waals surface area contributed by atoms with Crippen molar-refractivity contribution in [2.45, 2.75) is 0 Å². The van der Waals surface area contributed by atoms with Gasteiger partial charge in [-0.2, -0.15) is 0 Å². The zero-order chi connectivity index (χ0) is 15.4. The minimum absolute atomic E-state index is 0.104. The predicted molar refractivity (Wildman–Crippen MR) is 81.0 cm³/mol. The van der Waals surface area contributed by atoms with E-state index >= 15 is 0 Å². The van der Waals surface area contributed by atoms with Gasteiger partial charge in [-0.1, -0.05) is 33.2 Å². The fourth-order valence-corrected chi connectivity index (χ4v) is 2.07. The molecule has 0 fully saturated rings. The van der Waals surface area contributed by atoms with Crippen molar-refractivity contribution in [3.05, 3.63) is 63.9 Å². The average molecular weight is 352 g/mol. The summed E-state index contributed by atoms with van der Waals surface area (Å²) in [6.45, 7) is 0. The maximum absolute atomic E-state index is 13.7. The predicted octanol–water partition coefficient (Wildman–Crippen LogP) is 2.94. The minimum Gasteiger partial charge on any atom is -0.409 e. The lowest BCUT2D eigenvalue weighted by atomic mass is 10.1. The van der Waals surface area contributed by atoms with E-state index in [4.69, 9.17) is 10.9 Å². The van der Waals surface area contributed by atoms with Crippen LogP contribution in [0, 0.1) is 5.82 Å². The molecule has 4 N–H and O–H groups in total. The highest BCUT2D eigenvalue weighted by Gasteiger charge is 2.14. The smallest absolute Gasteiger partial charge is 0.258 e. The fourth-order valence-electron chi connectivity index (χ4n) is 1.73. The first-order valence-corrected chi connectivity index (χ1v) is 6.65. The monoisotopic (exact) mass is 351 g/mol. The van der Waals surface area contributed by atoms with Gasteiger partial charge in [-0.3, -0.25) is 4.79 Å². The molecule has 1 amide bonds. The van der Waals surface area contributed by atoms with Crippen LogP contribution >= 0.6 is 15.9 Å². The second kappa shape index (κ2) is 6.36. The first-order chi connectivity index (χ1) is 10.0. The zero-order valence-corrected chi connectivity index (χ0v) is 12.3. The van der Waals surface area contributed by atoms with E-state index in [1.807, 2.05) is 0 Å². The molecule has 0 unspecified atom stereocenters. The van der Waals surface area contributed by atoms with Crippen LogP contribution in [0.3, 0.4) is 0 Å². The number of anilines is 1. The molecular formula is C14H11BrFN3O2. The second-order valence-corrected chi connectivity index (χ2v) is 5.02. The molecule has 0 aliphatic rings. The molecule has 0 atom stereocenters. The normalized spacial score (nSPS) is 11.2. The molecule has 7 heteroatoms. The Kier molecular flexibility index (Phi) is 4.54. The number of amidine groups is 1. The number of hydrogen-bond donors (Lipinski definition) is 3. The van der Waals surface area contributed by atoms with E-state index in [9.17, 15) is 9.18 Å². The van der Waals surface area contributed by atoms with Crippen LogP contribution < -0.4 is 11.1 Å². The lowest BCUT2D eigenvalue weighted by molar-refractivity contribution is 0.102. The summed E-state index contributed by atoms with van der Waals surface area (Å²) in [7, 11) is 0. The molecule has 5 nitrogen and oxygen atoms in total. The molecule has 0 bridgehead atoms. The molecule has 108 valence electrons. The summed E-state index contributed by atoms with van der Waals surface area (Å²) in [5, 5.41) is 14.2. The minimum atomic E-state index is -0.650. The maximum atomic E-state index is 13.7. The number of para-hydroxylation sites is 1. The Morgan fingerprint density at radius 2 is 1.95 bits per heavy atom. The molecule has 0 saturated heterocycles. The van der Waals surface area contributed by atoms with Crippen molar-refractivity contribution in [2.24, 2.45) is 10.9 Å². The number of nitrogens with zero attached hydrogens (tertiary/aromatic N) is 1. The first kappa shape index (κ1) is 15.0. The van der Waals surface area contributed by atoms with E-state index < -0.39 is 11.7 Å². The van der Waals surface area contributed by atoms with Crippen LogP contribution in [0.4, 0.5) is 10.1 Å². The van der Waals surface area contributed by atoms with E-state index in [0.717, 1.165) is 0 Å². The van der Waals surface area contributed by atoms with Crippen LogP contribution in [0.1, 0.15) is 15.9 Å². The molecule has 2 aromatic rings. The summed E-state index contributed by atoms with van der Waals surface area (Å²) in [5.74, 6) is -1.43. The second-order valence-electron chi connectivity index (χ2n) is 4.11. The summed E-state index contributed by atoms with van der Waals surface area (Å²) in [4.78, 5) is 12.1. The molecule has 0 aromatic heterocycles. The van der Waals surface area contributed by atoms with Gasteiger partial charge in [0.2, 0.25) is 0 Å². The number of rotatable bonds is 3. The number of amides is 1. The third-order valence-electron chi connectivity index (χ3n) is 2.73. The van der Waals surface area contributed by atoms with Crippen molar-refractivity contribution < 1.29 is 14.4 Å². The quantitative estimate of drug-likeness (QED) is 0.344. The molecule has 0 spiro atoms. The number of benzene rings is 2. The van der Waals surface area contributed by atoms with Crippen LogP contribution in [-0.2, 0) is 0 Å². The van der Waals surface area contributed by atoms with Crippen molar-refractivity contribution in [3.63, 3.8) is 0 Å². The molecule has 21 heavy (non-hydrogen) atoms. The number of carbonyl (C=O) groups is 1. The van der Waals surface area contributed by atoms with E-state index in [1.54, 1.807) is 30.3 Å². The summed E-state index contributed by atoms with van der Waals surface area (Å²) in [5.41, 5.74) is 6.08. The Hall–Kier alpha value is -2.41. The van der Waals surface area contributed by atoms with Crippen LogP contribution in [-0.4, -0.2) is 17.0 Å². The van der Waals surface area contributed by atoms with Crippen molar-refractivity contribution in [3.8, 4) is 0 Å². The van der Waals surface area contributed by atoms with Crippen LogP contribution in [0.2, 0.25) is 0 Å². The number of nitrogens with two attached hydrogens (primary N) is 1. The topological polar surface area (TPSA) is 87.7 Å². The number of hydrogen-bond acceptors (Lipinski definition) is 3. The maximum Gasteiger partial charge on any atom is 0.258 e. The SMILES string of the molecule is N/C(=N/O)c1ccccc1NC(=O)c1ccc(Br)cc1F. The summed E-state index contributed by atoms with van der Waals surface area (Å²) >= 11 is 3.12. The fraction of sp³-hybridized carbons (Fsp3) is 0. The average Bonchev–Trinajstić information content (AvgIpc) is 2.46. The van der Waals surface area contributed by atoms with Crippen LogP contribution in [0.25, 0.3) is 0 Å². The van der Waals surface area contributed by atoms with Gasteiger partial charge in [0.25, 0.3) is 5.91 Å². The van der Waals surface area contributed by atoms with Gasteiger partial charge in [0.15, 0.2) is 5.84 Å². The Balaban J connectivity index is 2.32. The molecule has 2 aromatic carbocycles. The molecule has 0 saturated carbocycles. The highest BCUT2D eigenvalue weighted by molar-refractivity contribution is 9.10. The largest absolute Gasteiger partial charge is 0.409 e. The number of halogens is 2. The molecule has 0 aliphatic heterocycles. The van der Waals surface area contributed by atoms with Gasteiger partial charge in [0.1, 0.15) is 5.82 Å². The Labute approximate surface area is 128 Å². The van der Waals surface area contributed by atoms with Gasteiger partial charge in [0.05, 0.1) is 11.3 Å². The van der Waals surface area contributed by atoms with Gasteiger partial charge in [-0.05, 0) is 30.3 Å². The van der Waals surface area contributed by atoms with Crippen molar-refractivity contribution in [1.82, 2.24) is 0 Å². The third kappa shape index (κ3) is 3.38. The standard InChI is InChI=1S/C14H11BrFN3O2/c15-8-5-6-9(11(16)7-8)14(20)18-12-4-2-1-3-10(12)13(17)19-21/h1-7,21H,(H2,17,19)(H,18,20). The van der Waals surface area contributed by atoms with Crippen molar-refractivity contribution in [2.75, 3.05) is 5.32 Å². The van der Waals surface area contributed by atoms with E-state index in [-0.39, 0.29) is 11.4 Å². The first-order valence-electron chi connectivity index (χ1n) is 5.86. The summed E-state index contributed by atoms with van der Waals surface area (Å²) in [6, 6.07) is 10.6. The van der Waals surface area contributed by atoms with Gasteiger partial charge < -0.3 is 16.3 Å². The lowest BCUT2D eigenvalue weighted by Crippen LogP contribution is -2.19. The van der Waals surface area contributed by atoms with Gasteiger partial charge in [0, 0.05) is 10.0 Å². The van der Waals surface area contributed by atoms with E-state index in [1.165, 1.54) is 12.1 Å². The highest BCUT2D eigenvalue weighted by Crippen LogP contribution is 2.19. The number of nitrogens with one attached hydrogen (secondary N) is 1. The molecular weight excluding hydrogens is 341 g/mol. The van der Waals surface area contributed by atoms with Crippen LogP contribution in [0.15, 0.2) is 52.1 Å². The molecule has 0 aliphatic carbocycles. The molecule has 2 rings (SSSR count). The number of carbonyl (C=O) groups excluding carboxylic acids is 1.